The number of hydrogen-bond donors (Lipinski definition) is 1. The third-order valence-corrected chi connectivity index (χ3v) is 3.09. The minimum absolute atomic E-state index is 0.00826. The zero-order chi connectivity index (χ0) is 14.3. The van der Waals surface area contributed by atoms with Gasteiger partial charge in [0.05, 0.1) is 7.11 Å². The van der Waals surface area contributed by atoms with Crippen LogP contribution in [0.1, 0.15) is 11.6 Å². The largest absolute Gasteiger partial charge is 0.493 e. The van der Waals surface area contributed by atoms with E-state index >= 15 is 0 Å². The highest BCUT2D eigenvalue weighted by molar-refractivity contribution is 5.69. The second-order valence-electron chi connectivity index (χ2n) is 4.37. The van der Waals surface area contributed by atoms with E-state index < -0.39 is 24.7 Å². The summed E-state index contributed by atoms with van der Waals surface area (Å²) in [7, 11) is 1.39. The van der Waals surface area contributed by atoms with Gasteiger partial charge in [-0.3, -0.25) is 0 Å². The molecule has 1 fully saturated rings. The number of benzene rings is 1. The van der Waals surface area contributed by atoms with E-state index in [4.69, 9.17) is 14.2 Å². The normalized spacial score (nSPS) is 22.9. The number of alkyl carbamates (subject to hydrolysis) is 1. The van der Waals surface area contributed by atoms with Crippen molar-refractivity contribution in [3.8, 4) is 17.2 Å². The van der Waals surface area contributed by atoms with Crippen molar-refractivity contribution in [3.05, 3.63) is 17.7 Å². The first-order chi connectivity index (χ1) is 9.51. The summed E-state index contributed by atoms with van der Waals surface area (Å²) in [6, 6.07) is 1.28. The van der Waals surface area contributed by atoms with Crippen LogP contribution in [-0.2, 0) is 4.74 Å². The first-order valence-corrected chi connectivity index (χ1v) is 5.80. The van der Waals surface area contributed by atoms with E-state index in [1.165, 1.54) is 19.2 Å². The second-order valence-corrected chi connectivity index (χ2v) is 4.37. The van der Waals surface area contributed by atoms with E-state index in [0.29, 0.717) is 11.5 Å². The number of nitrogens with one attached hydrogen (secondary N) is 1. The maximum Gasteiger partial charge on any atom is 0.408 e. The molecule has 6 nitrogen and oxygen atoms in total. The van der Waals surface area contributed by atoms with Crippen molar-refractivity contribution in [1.82, 2.24) is 5.32 Å². The van der Waals surface area contributed by atoms with Gasteiger partial charge < -0.3 is 24.3 Å². The number of rotatable bonds is 2. The van der Waals surface area contributed by atoms with Crippen molar-refractivity contribution in [2.45, 2.75) is 12.0 Å². The molecule has 0 radical (unpaired) electrons. The van der Waals surface area contributed by atoms with Gasteiger partial charge in [-0.05, 0) is 17.7 Å². The third kappa shape index (κ3) is 1.97. The topological polar surface area (TPSA) is 66.0 Å². The lowest BCUT2D eigenvalue weighted by molar-refractivity contribution is -0.104. The fourth-order valence-electron chi connectivity index (χ4n) is 2.15. The van der Waals surface area contributed by atoms with Gasteiger partial charge in [0.25, 0.3) is 0 Å². The standard InChI is InChI=1S/C12H11F2NO5/c1-17-7-2-6(3-8-9(7)20-5-19-8)10-12(13,14)4-18-11(16)15-10/h2-3,10H,4-5H2,1H3,(H,15,16)/t10-/m1/s1. The lowest BCUT2D eigenvalue weighted by Gasteiger charge is -2.32. The van der Waals surface area contributed by atoms with Crippen LogP contribution >= 0.6 is 0 Å². The van der Waals surface area contributed by atoms with Crippen LogP contribution < -0.4 is 19.5 Å². The van der Waals surface area contributed by atoms with Gasteiger partial charge in [0.1, 0.15) is 6.04 Å². The number of carbonyl (C=O) groups excluding carboxylic acids is 1. The van der Waals surface area contributed by atoms with Crippen molar-refractivity contribution >= 4 is 6.09 Å². The summed E-state index contributed by atoms with van der Waals surface area (Å²) < 4.78 is 47.5. The lowest BCUT2D eigenvalue weighted by atomic mass is 9.99. The van der Waals surface area contributed by atoms with E-state index in [-0.39, 0.29) is 18.1 Å². The van der Waals surface area contributed by atoms with Gasteiger partial charge in [-0.1, -0.05) is 0 Å². The summed E-state index contributed by atoms with van der Waals surface area (Å²) >= 11 is 0. The van der Waals surface area contributed by atoms with Crippen LogP contribution in [0.5, 0.6) is 17.2 Å². The summed E-state index contributed by atoms with van der Waals surface area (Å²) in [6.45, 7) is -0.980. The van der Waals surface area contributed by atoms with Gasteiger partial charge in [-0.2, -0.15) is 0 Å². The van der Waals surface area contributed by atoms with Crippen LogP contribution in [0, 0.1) is 0 Å². The van der Waals surface area contributed by atoms with Crippen molar-refractivity contribution < 1.29 is 32.5 Å². The Labute approximate surface area is 112 Å². The maximum atomic E-state index is 13.9. The number of cyclic esters (lactones) is 1. The van der Waals surface area contributed by atoms with Crippen LogP contribution in [0.3, 0.4) is 0 Å². The van der Waals surface area contributed by atoms with Gasteiger partial charge in [0.15, 0.2) is 18.1 Å². The van der Waals surface area contributed by atoms with Gasteiger partial charge >= 0.3 is 12.0 Å². The Kier molecular flexibility index (Phi) is 2.81. The molecule has 1 aromatic rings. The van der Waals surface area contributed by atoms with Crippen LogP contribution in [-0.4, -0.2) is 32.5 Å². The van der Waals surface area contributed by atoms with Crippen LogP contribution in [0.4, 0.5) is 13.6 Å². The fourth-order valence-corrected chi connectivity index (χ4v) is 2.15. The molecule has 2 heterocycles. The number of amides is 1. The zero-order valence-electron chi connectivity index (χ0n) is 10.4. The van der Waals surface area contributed by atoms with Crippen LogP contribution in [0.15, 0.2) is 12.1 Å². The second kappa shape index (κ2) is 4.39. The zero-order valence-corrected chi connectivity index (χ0v) is 10.4. The summed E-state index contributed by atoms with van der Waals surface area (Å²) in [5, 5.41) is 2.10. The molecule has 20 heavy (non-hydrogen) atoms. The van der Waals surface area contributed by atoms with Gasteiger partial charge in [0.2, 0.25) is 12.5 Å². The number of halogens is 2. The van der Waals surface area contributed by atoms with E-state index in [2.05, 4.69) is 10.1 Å². The molecular formula is C12H11F2NO5. The summed E-state index contributed by atoms with van der Waals surface area (Å²) in [6.07, 6.45) is -0.891. The van der Waals surface area contributed by atoms with E-state index in [1.54, 1.807) is 0 Å². The SMILES string of the molecule is COc1cc([C@H]2NC(=O)OCC2(F)F)cc2c1OCO2. The molecule has 3 rings (SSSR count). The number of ether oxygens (including phenoxy) is 4. The number of carbonyl (C=O) groups is 1. The van der Waals surface area contributed by atoms with Crippen molar-refractivity contribution in [2.24, 2.45) is 0 Å². The predicted molar refractivity (Wildman–Crippen MR) is 61.3 cm³/mol. The molecule has 1 atom stereocenters. The van der Waals surface area contributed by atoms with Crippen molar-refractivity contribution in [2.75, 3.05) is 20.5 Å². The Hall–Kier alpha value is -2.25. The lowest BCUT2D eigenvalue weighted by Crippen LogP contribution is -2.49. The minimum atomic E-state index is -3.23. The summed E-state index contributed by atoms with van der Waals surface area (Å²) in [4.78, 5) is 11.2. The first kappa shape index (κ1) is 12.8. The molecule has 0 aliphatic carbocycles. The Balaban J connectivity index is 2.03. The third-order valence-electron chi connectivity index (χ3n) is 3.09. The van der Waals surface area contributed by atoms with Crippen molar-refractivity contribution in [1.29, 1.82) is 0 Å². The molecule has 0 aromatic heterocycles. The molecule has 108 valence electrons. The molecule has 2 aliphatic heterocycles. The Morgan fingerprint density at radius 2 is 2.15 bits per heavy atom. The molecule has 8 heteroatoms. The molecule has 1 N–H and O–H groups in total. The molecule has 0 saturated carbocycles. The quantitative estimate of drug-likeness (QED) is 0.899. The van der Waals surface area contributed by atoms with Crippen LogP contribution in [0.2, 0.25) is 0 Å². The average molecular weight is 287 g/mol. The molecule has 0 bridgehead atoms. The molecule has 1 aromatic carbocycles. The maximum absolute atomic E-state index is 13.9. The Morgan fingerprint density at radius 3 is 2.90 bits per heavy atom. The number of fused-ring (bicyclic) bond motifs is 1. The van der Waals surface area contributed by atoms with Crippen LogP contribution in [0.25, 0.3) is 0 Å². The van der Waals surface area contributed by atoms with E-state index in [0.717, 1.165) is 0 Å². The minimum Gasteiger partial charge on any atom is -0.493 e. The smallest absolute Gasteiger partial charge is 0.408 e. The monoisotopic (exact) mass is 287 g/mol. The highest BCUT2D eigenvalue weighted by Crippen LogP contribution is 2.45. The number of alkyl halides is 2. The first-order valence-electron chi connectivity index (χ1n) is 5.80. The number of methoxy groups -OCH3 is 1. The summed E-state index contributed by atoms with van der Waals surface area (Å²) in [5.41, 5.74) is 0.160. The molecule has 0 spiro atoms. The molecule has 0 unspecified atom stereocenters. The van der Waals surface area contributed by atoms with Gasteiger partial charge in [-0.25, -0.2) is 13.6 Å². The fraction of sp³-hybridized carbons (Fsp3) is 0.417. The predicted octanol–water partition coefficient (Wildman–Crippen LogP) is 1.84. The van der Waals surface area contributed by atoms with E-state index in [9.17, 15) is 13.6 Å². The van der Waals surface area contributed by atoms with E-state index in [1.807, 2.05) is 0 Å². The average Bonchev–Trinajstić information content (AvgIpc) is 2.88. The van der Waals surface area contributed by atoms with Gasteiger partial charge in [0, 0.05) is 0 Å². The van der Waals surface area contributed by atoms with Gasteiger partial charge in [-0.15, -0.1) is 0 Å². The number of hydrogen-bond acceptors (Lipinski definition) is 5. The summed E-state index contributed by atoms with van der Waals surface area (Å²) in [5.74, 6) is -2.30. The Morgan fingerprint density at radius 1 is 1.35 bits per heavy atom. The highest BCUT2D eigenvalue weighted by Gasteiger charge is 2.47. The highest BCUT2D eigenvalue weighted by atomic mass is 19.3. The molecule has 2 aliphatic rings. The van der Waals surface area contributed by atoms with Crippen molar-refractivity contribution in [3.63, 3.8) is 0 Å². The molecule has 1 saturated heterocycles. The molecular weight excluding hydrogens is 276 g/mol. The molecule has 1 amide bonds. The Bertz CT molecular complexity index is 563.